The lowest BCUT2D eigenvalue weighted by atomic mass is 10.2. The molecule has 0 N–H and O–H groups in total. The zero-order valence-electron chi connectivity index (χ0n) is 8.57. The summed E-state index contributed by atoms with van der Waals surface area (Å²) in [5, 5.41) is 0. The fourth-order valence-electron chi connectivity index (χ4n) is 1.35. The van der Waals surface area contributed by atoms with Crippen LogP contribution in [0.25, 0.3) is 0 Å². The Hall–Kier alpha value is -1.31. The van der Waals surface area contributed by atoms with E-state index in [1.54, 1.807) is 11.8 Å². The molecule has 1 aromatic rings. The molecule has 0 aliphatic heterocycles. The van der Waals surface area contributed by atoms with Gasteiger partial charge in [0.1, 0.15) is 0 Å². The SMILES string of the molecule is [CH2]CCCN(C(C)=O)c1ccccc1. The van der Waals surface area contributed by atoms with Crippen LogP contribution in [0.4, 0.5) is 5.69 Å². The minimum Gasteiger partial charge on any atom is -0.313 e. The highest BCUT2D eigenvalue weighted by molar-refractivity contribution is 5.91. The minimum atomic E-state index is 0.0876. The molecule has 0 fully saturated rings. The minimum absolute atomic E-state index is 0.0876. The Kier molecular flexibility index (Phi) is 4.17. The van der Waals surface area contributed by atoms with E-state index in [4.69, 9.17) is 0 Å². The molecule has 1 aromatic carbocycles. The van der Waals surface area contributed by atoms with Crippen LogP contribution in [-0.4, -0.2) is 12.5 Å². The van der Waals surface area contributed by atoms with Crippen LogP contribution >= 0.6 is 0 Å². The van der Waals surface area contributed by atoms with Crippen LogP contribution in [-0.2, 0) is 4.79 Å². The summed E-state index contributed by atoms with van der Waals surface area (Å²) in [5.74, 6) is 0.0876. The maximum atomic E-state index is 11.4. The summed E-state index contributed by atoms with van der Waals surface area (Å²) in [4.78, 5) is 13.1. The third-order valence-electron chi connectivity index (χ3n) is 2.08. The highest BCUT2D eigenvalue weighted by atomic mass is 16.2. The zero-order valence-corrected chi connectivity index (χ0v) is 8.57. The molecule has 1 radical (unpaired) electrons. The maximum Gasteiger partial charge on any atom is 0.223 e. The van der Waals surface area contributed by atoms with E-state index >= 15 is 0 Å². The van der Waals surface area contributed by atoms with Crippen LogP contribution in [0, 0.1) is 6.92 Å². The van der Waals surface area contributed by atoms with E-state index in [0.717, 1.165) is 25.1 Å². The fourth-order valence-corrected chi connectivity index (χ4v) is 1.35. The Bertz CT molecular complexity index is 282. The number of carbonyl (C=O) groups excluding carboxylic acids is 1. The summed E-state index contributed by atoms with van der Waals surface area (Å²) in [6.45, 7) is 6.12. The topological polar surface area (TPSA) is 20.3 Å². The Balaban J connectivity index is 2.73. The van der Waals surface area contributed by atoms with Crippen LogP contribution in [0.3, 0.4) is 0 Å². The van der Waals surface area contributed by atoms with Crippen molar-refractivity contribution >= 4 is 11.6 Å². The van der Waals surface area contributed by atoms with Crippen molar-refractivity contribution in [2.24, 2.45) is 0 Å². The van der Waals surface area contributed by atoms with Gasteiger partial charge in [0.15, 0.2) is 0 Å². The van der Waals surface area contributed by atoms with Crippen molar-refractivity contribution < 1.29 is 4.79 Å². The van der Waals surface area contributed by atoms with Gasteiger partial charge in [-0.3, -0.25) is 4.79 Å². The van der Waals surface area contributed by atoms with Crippen molar-refractivity contribution in [1.82, 2.24) is 0 Å². The predicted molar refractivity (Wildman–Crippen MR) is 59.1 cm³/mol. The summed E-state index contributed by atoms with van der Waals surface area (Å²) in [6, 6.07) is 9.73. The van der Waals surface area contributed by atoms with E-state index in [1.807, 2.05) is 30.3 Å². The lowest BCUT2D eigenvalue weighted by Crippen LogP contribution is -2.29. The molecular weight excluding hydrogens is 174 g/mol. The first-order chi connectivity index (χ1) is 6.75. The van der Waals surface area contributed by atoms with Crippen LogP contribution < -0.4 is 4.90 Å². The zero-order chi connectivity index (χ0) is 10.4. The first kappa shape index (κ1) is 10.8. The van der Waals surface area contributed by atoms with E-state index in [1.165, 1.54) is 0 Å². The number of anilines is 1. The van der Waals surface area contributed by atoms with Gasteiger partial charge in [0.25, 0.3) is 0 Å². The highest BCUT2D eigenvalue weighted by Gasteiger charge is 2.09. The molecule has 1 amide bonds. The van der Waals surface area contributed by atoms with Crippen molar-refractivity contribution in [3.05, 3.63) is 37.3 Å². The molecule has 0 aliphatic rings. The van der Waals surface area contributed by atoms with Crippen molar-refractivity contribution in [2.45, 2.75) is 19.8 Å². The van der Waals surface area contributed by atoms with E-state index in [0.29, 0.717) is 0 Å². The van der Waals surface area contributed by atoms with Crippen LogP contribution in [0.15, 0.2) is 30.3 Å². The molecule has 0 aliphatic carbocycles. The summed E-state index contributed by atoms with van der Waals surface area (Å²) < 4.78 is 0. The number of nitrogens with zero attached hydrogens (tertiary/aromatic N) is 1. The number of benzene rings is 1. The lowest BCUT2D eigenvalue weighted by Gasteiger charge is -2.20. The maximum absolute atomic E-state index is 11.4. The molecule has 0 saturated carbocycles. The van der Waals surface area contributed by atoms with Crippen molar-refractivity contribution in [1.29, 1.82) is 0 Å². The number of rotatable bonds is 4. The molecule has 0 heterocycles. The average molecular weight is 190 g/mol. The van der Waals surface area contributed by atoms with E-state index in [2.05, 4.69) is 6.92 Å². The van der Waals surface area contributed by atoms with Gasteiger partial charge >= 0.3 is 0 Å². The number of amides is 1. The monoisotopic (exact) mass is 190 g/mol. The largest absolute Gasteiger partial charge is 0.313 e. The van der Waals surface area contributed by atoms with Gasteiger partial charge in [-0.25, -0.2) is 0 Å². The second kappa shape index (κ2) is 5.43. The third-order valence-corrected chi connectivity index (χ3v) is 2.08. The molecule has 0 bridgehead atoms. The summed E-state index contributed by atoms with van der Waals surface area (Å²) >= 11 is 0. The van der Waals surface area contributed by atoms with Gasteiger partial charge < -0.3 is 4.90 Å². The van der Waals surface area contributed by atoms with Gasteiger partial charge in [-0.15, -0.1) is 0 Å². The molecule has 0 aromatic heterocycles. The molecule has 1 rings (SSSR count). The van der Waals surface area contributed by atoms with E-state index in [-0.39, 0.29) is 5.91 Å². The number of hydrogen-bond donors (Lipinski definition) is 0. The average Bonchev–Trinajstić information content (AvgIpc) is 2.19. The standard InChI is InChI=1S/C12H16NO/c1-3-4-10-13(11(2)14)12-8-6-5-7-9-12/h5-9H,1,3-4,10H2,2H3. The number of carbonyl (C=O) groups is 1. The molecule has 0 atom stereocenters. The third kappa shape index (κ3) is 2.87. The van der Waals surface area contributed by atoms with Gasteiger partial charge in [-0.2, -0.15) is 0 Å². The smallest absolute Gasteiger partial charge is 0.223 e. The van der Waals surface area contributed by atoms with Crippen molar-refractivity contribution in [3.8, 4) is 0 Å². The summed E-state index contributed by atoms with van der Waals surface area (Å²) in [6.07, 6.45) is 1.80. The molecule has 14 heavy (non-hydrogen) atoms. The van der Waals surface area contributed by atoms with E-state index in [9.17, 15) is 4.79 Å². The summed E-state index contributed by atoms with van der Waals surface area (Å²) in [7, 11) is 0. The molecule has 0 spiro atoms. The number of unbranched alkanes of at least 4 members (excludes halogenated alkanes) is 1. The van der Waals surface area contributed by atoms with Gasteiger partial charge in [-0.05, 0) is 18.6 Å². The van der Waals surface area contributed by atoms with E-state index < -0.39 is 0 Å². The van der Waals surface area contributed by atoms with Gasteiger partial charge in [0, 0.05) is 19.2 Å². The lowest BCUT2D eigenvalue weighted by molar-refractivity contribution is -0.116. The normalized spacial score (nSPS) is 9.86. The molecule has 75 valence electrons. The second-order valence-corrected chi connectivity index (χ2v) is 3.21. The van der Waals surface area contributed by atoms with Crippen LogP contribution in [0.5, 0.6) is 0 Å². The number of para-hydroxylation sites is 1. The predicted octanol–water partition coefficient (Wildman–Crippen LogP) is 2.65. The highest BCUT2D eigenvalue weighted by Crippen LogP contribution is 2.13. The Morgan fingerprint density at radius 1 is 1.36 bits per heavy atom. The number of hydrogen-bond acceptors (Lipinski definition) is 1. The molecule has 0 saturated heterocycles. The van der Waals surface area contributed by atoms with Crippen LogP contribution in [0.1, 0.15) is 19.8 Å². The molecular formula is C12H16NO. The van der Waals surface area contributed by atoms with Gasteiger partial charge in [0.2, 0.25) is 5.91 Å². The quantitative estimate of drug-likeness (QED) is 0.714. The fraction of sp³-hybridized carbons (Fsp3) is 0.333. The Labute approximate surface area is 85.5 Å². The van der Waals surface area contributed by atoms with Gasteiger partial charge in [-0.1, -0.05) is 31.5 Å². The first-order valence-electron chi connectivity index (χ1n) is 4.88. The Morgan fingerprint density at radius 2 is 2.00 bits per heavy atom. The molecule has 0 unspecified atom stereocenters. The van der Waals surface area contributed by atoms with Crippen molar-refractivity contribution in [3.63, 3.8) is 0 Å². The molecule has 2 nitrogen and oxygen atoms in total. The Morgan fingerprint density at radius 3 is 2.50 bits per heavy atom. The molecule has 2 heteroatoms. The second-order valence-electron chi connectivity index (χ2n) is 3.21. The van der Waals surface area contributed by atoms with Gasteiger partial charge in [0.05, 0.1) is 0 Å². The summed E-state index contributed by atoms with van der Waals surface area (Å²) in [5.41, 5.74) is 0.966. The van der Waals surface area contributed by atoms with Crippen molar-refractivity contribution in [2.75, 3.05) is 11.4 Å². The van der Waals surface area contributed by atoms with Crippen LogP contribution in [0.2, 0.25) is 0 Å². The first-order valence-corrected chi connectivity index (χ1v) is 4.88.